The van der Waals surface area contributed by atoms with Crippen molar-refractivity contribution < 1.29 is 18.7 Å². The molecule has 1 saturated heterocycles. The molecule has 0 unspecified atom stereocenters. The van der Waals surface area contributed by atoms with Crippen molar-refractivity contribution in [1.82, 2.24) is 24.8 Å². The van der Waals surface area contributed by atoms with Gasteiger partial charge in [0.15, 0.2) is 18.2 Å². The highest BCUT2D eigenvalue weighted by Crippen LogP contribution is 2.26. The Balaban J connectivity index is 1.18. The van der Waals surface area contributed by atoms with E-state index < -0.39 is 5.82 Å². The van der Waals surface area contributed by atoms with Gasteiger partial charge in [-0.2, -0.15) is 0 Å². The predicted octanol–water partition coefficient (Wildman–Crippen LogP) is 0.189. The van der Waals surface area contributed by atoms with Gasteiger partial charge in [-0.05, 0) is 19.0 Å². The Labute approximate surface area is 187 Å². The van der Waals surface area contributed by atoms with Crippen molar-refractivity contribution in [1.29, 1.82) is 0 Å². The summed E-state index contributed by atoms with van der Waals surface area (Å²) in [6.45, 7) is 1.90. The van der Waals surface area contributed by atoms with E-state index in [1.807, 2.05) is 4.90 Å². The fraction of sp³-hybridized carbons (Fsp3) is 0.381. The molecule has 5 heterocycles. The summed E-state index contributed by atoms with van der Waals surface area (Å²) >= 11 is 0. The smallest absolute Gasteiger partial charge is 0.263 e. The quantitative estimate of drug-likeness (QED) is 0.501. The van der Waals surface area contributed by atoms with Gasteiger partial charge in [0, 0.05) is 31.8 Å². The number of anilines is 2. The van der Waals surface area contributed by atoms with Crippen LogP contribution in [0.3, 0.4) is 0 Å². The van der Waals surface area contributed by atoms with Gasteiger partial charge in [-0.3, -0.25) is 14.6 Å². The van der Waals surface area contributed by atoms with E-state index in [1.54, 1.807) is 19.3 Å². The molecule has 2 aliphatic rings. The summed E-state index contributed by atoms with van der Waals surface area (Å²) in [6.07, 6.45) is 3.07. The Morgan fingerprint density at radius 1 is 1.27 bits per heavy atom. The zero-order valence-electron chi connectivity index (χ0n) is 17.9. The number of carbonyl (C=O) groups excluding carboxylic acids is 1. The fourth-order valence-corrected chi connectivity index (χ4v) is 3.96. The molecule has 3 aromatic rings. The number of nitrogens with zero attached hydrogens (tertiary/aromatic N) is 5. The lowest BCUT2D eigenvalue weighted by Crippen LogP contribution is -2.32. The van der Waals surface area contributed by atoms with Crippen molar-refractivity contribution in [2.45, 2.75) is 12.5 Å². The van der Waals surface area contributed by atoms with E-state index >= 15 is 0 Å². The maximum Gasteiger partial charge on any atom is 0.263 e. The first-order valence-corrected chi connectivity index (χ1v) is 10.5. The molecule has 0 aromatic carbocycles. The van der Waals surface area contributed by atoms with E-state index in [1.165, 1.54) is 16.8 Å². The molecule has 12 heteroatoms. The second kappa shape index (κ2) is 8.71. The van der Waals surface area contributed by atoms with Crippen LogP contribution in [0.5, 0.6) is 5.88 Å². The molecular weight excluding hydrogens is 433 g/mol. The number of hydrogen-bond acceptors (Lipinski definition) is 9. The van der Waals surface area contributed by atoms with Crippen LogP contribution in [0.4, 0.5) is 16.0 Å². The maximum atomic E-state index is 14.5. The second-order valence-corrected chi connectivity index (χ2v) is 7.86. The summed E-state index contributed by atoms with van der Waals surface area (Å²) < 4.78 is 26.9. The van der Waals surface area contributed by atoms with Gasteiger partial charge >= 0.3 is 0 Å². The molecule has 1 amide bonds. The summed E-state index contributed by atoms with van der Waals surface area (Å²) in [5.41, 5.74) is 1.33. The number of aryl methyl sites for hydroxylation is 1. The van der Waals surface area contributed by atoms with E-state index in [0.29, 0.717) is 66.9 Å². The maximum absolute atomic E-state index is 14.5. The van der Waals surface area contributed by atoms with Gasteiger partial charge in [0.1, 0.15) is 12.5 Å². The third kappa shape index (κ3) is 4.22. The number of carbonyl (C=O) groups is 1. The van der Waals surface area contributed by atoms with Crippen molar-refractivity contribution >= 4 is 28.6 Å². The van der Waals surface area contributed by atoms with Gasteiger partial charge < -0.3 is 29.6 Å². The standard InChI is InChI=1S/C21H22FN7O4/c1-28-18(31)3-2-15-19(28)13(14(22)7-24-15)4-5-23-6-12-9-29(11-33-12)16-8-25-21-20(26-16)27-17(30)10-32-21/h2-3,7-8,12,23H,4-6,9-11H2,1H3,(H,26,27,30)/t12-/m0/s1. The molecule has 0 radical (unpaired) electrons. The summed E-state index contributed by atoms with van der Waals surface area (Å²) in [6, 6.07) is 3.03. The first-order chi connectivity index (χ1) is 16.0. The molecule has 33 heavy (non-hydrogen) atoms. The van der Waals surface area contributed by atoms with Crippen LogP contribution in [-0.2, 0) is 23.0 Å². The van der Waals surface area contributed by atoms with Gasteiger partial charge in [-0.15, -0.1) is 0 Å². The Morgan fingerprint density at radius 2 is 2.15 bits per heavy atom. The minimum absolute atomic E-state index is 0.0723. The van der Waals surface area contributed by atoms with Gasteiger partial charge in [-0.25, -0.2) is 14.4 Å². The van der Waals surface area contributed by atoms with Crippen LogP contribution < -0.4 is 25.8 Å². The van der Waals surface area contributed by atoms with Crippen LogP contribution >= 0.6 is 0 Å². The van der Waals surface area contributed by atoms with Crippen molar-refractivity contribution in [3.8, 4) is 5.88 Å². The Kier molecular flexibility index (Phi) is 5.60. The molecule has 11 nitrogen and oxygen atoms in total. The SMILES string of the molecule is Cn1c(=O)ccc2ncc(F)c(CCNC[C@H]3CN(c4cnc5c(n4)NC(=O)CO5)CO3)c21. The largest absolute Gasteiger partial charge is 0.465 e. The first-order valence-electron chi connectivity index (χ1n) is 10.5. The van der Waals surface area contributed by atoms with E-state index in [-0.39, 0.29) is 24.2 Å². The topological polar surface area (TPSA) is 124 Å². The Bertz CT molecular complexity index is 1280. The third-order valence-electron chi connectivity index (χ3n) is 5.65. The number of amides is 1. The molecule has 1 fully saturated rings. The van der Waals surface area contributed by atoms with Crippen LogP contribution in [0.25, 0.3) is 11.0 Å². The van der Waals surface area contributed by atoms with Crippen molar-refractivity contribution in [3.05, 3.63) is 46.3 Å². The molecule has 0 aliphatic carbocycles. The van der Waals surface area contributed by atoms with Crippen molar-refractivity contribution in [2.75, 3.05) is 43.2 Å². The highest BCUT2D eigenvalue weighted by Gasteiger charge is 2.26. The molecule has 172 valence electrons. The molecule has 0 saturated carbocycles. The number of hydrogen-bond donors (Lipinski definition) is 2. The molecule has 0 spiro atoms. The van der Waals surface area contributed by atoms with Crippen molar-refractivity contribution in [2.24, 2.45) is 7.05 Å². The second-order valence-electron chi connectivity index (χ2n) is 7.86. The van der Waals surface area contributed by atoms with Gasteiger partial charge in [0.2, 0.25) is 0 Å². The third-order valence-corrected chi connectivity index (χ3v) is 5.65. The average Bonchev–Trinajstić information content (AvgIpc) is 3.29. The minimum Gasteiger partial charge on any atom is -0.465 e. The molecule has 1 atom stereocenters. The van der Waals surface area contributed by atoms with E-state index in [0.717, 1.165) is 0 Å². The lowest BCUT2D eigenvalue weighted by Gasteiger charge is -2.19. The van der Waals surface area contributed by atoms with E-state index in [4.69, 9.17) is 9.47 Å². The fourth-order valence-electron chi connectivity index (χ4n) is 3.96. The predicted molar refractivity (Wildman–Crippen MR) is 117 cm³/mol. The van der Waals surface area contributed by atoms with Crippen LogP contribution in [-0.4, -0.2) is 64.5 Å². The normalized spacial score (nSPS) is 17.7. The highest BCUT2D eigenvalue weighted by atomic mass is 19.1. The zero-order valence-corrected chi connectivity index (χ0v) is 17.9. The lowest BCUT2D eigenvalue weighted by atomic mass is 10.1. The molecule has 5 rings (SSSR count). The van der Waals surface area contributed by atoms with Crippen LogP contribution in [0.1, 0.15) is 5.56 Å². The number of nitrogens with one attached hydrogen (secondary N) is 2. The Morgan fingerprint density at radius 3 is 3.03 bits per heavy atom. The van der Waals surface area contributed by atoms with Crippen LogP contribution in [0.15, 0.2) is 29.3 Å². The van der Waals surface area contributed by atoms with E-state index in [2.05, 4.69) is 25.6 Å². The summed E-state index contributed by atoms with van der Waals surface area (Å²) in [7, 11) is 1.62. The number of pyridine rings is 2. The van der Waals surface area contributed by atoms with E-state index in [9.17, 15) is 14.0 Å². The molecule has 2 N–H and O–H groups in total. The number of rotatable bonds is 6. The van der Waals surface area contributed by atoms with Crippen LogP contribution in [0.2, 0.25) is 0 Å². The molecule has 3 aromatic heterocycles. The number of ether oxygens (including phenoxy) is 2. The summed E-state index contributed by atoms with van der Waals surface area (Å²) in [5, 5.41) is 5.93. The number of fused-ring (bicyclic) bond motifs is 2. The van der Waals surface area contributed by atoms with Gasteiger partial charge in [0.25, 0.3) is 17.3 Å². The zero-order chi connectivity index (χ0) is 22.9. The summed E-state index contributed by atoms with van der Waals surface area (Å²) in [4.78, 5) is 38.1. The summed E-state index contributed by atoms with van der Waals surface area (Å²) in [5.74, 6) is 0.465. The average molecular weight is 455 g/mol. The number of halogens is 1. The van der Waals surface area contributed by atoms with Gasteiger partial charge in [0.05, 0.1) is 29.5 Å². The number of aromatic nitrogens is 4. The minimum atomic E-state index is -0.434. The molecular formula is C21H22FN7O4. The lowest BCUT2D eigenvalue weighted by molar-refractivity contribution is -0.118. The monoisotopic (exact) mass is 455 g/mol. The molecule has 2 aliphatic heterocycles. The molecule has 0 bridgehead atoms. The van der Waals surface area contributed by atoms with Gasteiger partial charge in [-0.1, -0.05) is 0 Å². The highest BCUT2D eigenvalue weighted by molar-refractivity contribution is 5.93. The Hall–Kier alpha value is -3.64. The first kappa shape index (κ1) is 21.2. The van der Waals surface area contributed by atoms with Crippen molar-refractivity contribution in [3.63, 3.8) is 0 Å². The van der Waals surface area contributed by atoms with Crippen LogP contribution in [0, 0.1) is 5.82 Å².